The maximum Gasteiger partial charge on any atom is 0.335 e. The van der Waals surface area contributed by atoms with Crippen LogP contribution in [0.4, 0.5) is 0 Å². The predicted octanol–water partition coefficient (Wildman–Crippen LogP) is 2.80. The molecular formula is C16H21NO2. The Morgan fingerprint density at radius 2 is 1.89 bits per heavy atom. The lowest BCUT2D eigenvalue weighted by atomic mass is 9.69. The fourth-order valence-corrected chi connectivity index (χ4v) is 3.54. The van der Waals surface area contributed by atoms with E-state index in [2.05, 4.69) is 11.0 Å². The quantitative estimate of drug-likeness (QED) is 0.904. The molecular weight excluding hydrogens is 238 g/mol. The molecule has 1 aromatic rings. The summed E-state index contributed by atoms with van der Waals surface area (Å²) in [5, 5.41) is 9.02. The summed E-state index contributed by atoms with van der Waals surface area (Å²) in [5.41, 5.74) is 2.12. The molecule has 0 spiro atoms. The molecule has 4 rings (SSSR count). The summed E-state index contributed by atoms with van der Waals surface area (Å²) in [4.78, 5) is 13.5. The van der Waals surface area contributed by atoms with E-state index in [4.69, 9.17) is 5.11 Å². The number of aromatic carboxylic acids is 1. The van der Waals surface area contributed by atoms with Crippen molar-refractivity contribution in [3.8, 4) is 0 Å². The van der Waals surface area contributed by atoms with Crippen molar-refractivity contribution in [2.45, 2.75) is 32.1 Å². The first-order valence-electron chi connectivity index (χ1n) is 7.22. The van der Waals surface area contributed by atoms with Crippen LogP contribution in [-0.4, -0.2) is 35.6 Å². The fourth-order valence-electron chi connectivity index (χ4n) is 3.54. The zero-order valence-electron chi connectivity index (χ0n) is 11.3. The number of carbonyl (C=O) groups is 1. The van der Waals surface area contributed by atoms with E-state index >= 15 is 0 Å². The van der Waals surface area contributed by atoms with Crippen LogP contribution in [0.25, 0.3) is 0 Å². The number of aryl methyl sites for hydroxylation is 1. The Balaban J connectivity index is 1.65. The Morgan fingerprint density at radius 3 is 2.53 bits per heavy atom. The van der Waals surface area contributed by atoms with Crippen molar-refractivity contribution in [3.05, 3.63) is 35.4 Å². The van der Waals surface area contributed by atoms with E-state index in [0.717, 1.165) is 6.42 Å². The number of fused-ring (bicyclic) bond motifs is 3. The number of benzene rings is 1. The molecule has 3 nitrogen and oxygen atoms in total. The van der Waals surface area contributed by atoms with Gasteiger partial charge in [0.15, 0.2) is 0 Å². The van der Waals surface area contributed by atoms with Crippen LogP contribution in [-0.2, 0) is 6.42 Å². The van der Waals surface area contributed by atoms with Gasteiger partial charge in [0.25, 0.3) is 0 Å². The van der Waals surface area contributed by atoms with Gasteiger partial charge >= 0.3 is 5.97 Å². The molecule has 0 amide bonds. The monoisotopic (exact) mass is 259 g/mol. The lowest BCUT2D eigenvalue weighted by Gasteiger charge is -2.48. The molecule has 1 aromatic carbocycles. The van der Waals surface area contributed by atoms with Crippen LogP contribution < -0.4 is 0 Å². The number of hydrogen-bond acceptors (Lipinski definition) is 2. The smallest absolute Gasteiger partial charge is 0.335 e. The Labute approximate surface area is 114 Å². The van der Waals surface area contributed by atoms with E-state index in [0.29, 0.717) is 11.0 Å². The van der Waals surface area contributed by atoms with Gasteiger partial charge in [-0.2, -0.15) is 0 Å². The van der Waals surface area contributed by atoms with Gasteiger partial charge in [0, 0.05) is 0 Å². The van der Waals surface area contributed by atoms with Crippen LogP contribution in [0, 0.1) is 5.41 Å². The Morgan fingerprint density at radius 1 is 1.21 bits per heavy atom. The number of nitrogens with zero attached hydrogens (tertiary/aromatic N) is 1. The summed E-state index contributed by atoms with van der Waals surface area (Å²) in [6.45, 7) is 3.78. The summed E-state index contributed by atoms with van der Waals surface area (Å²) >= 11 is 0. The van der Waals surface area contributed by atoms with E-state index in [9.17, 15) is 4.79 Å². The highest BCUT2D eigenvalue weighted by Gasteiger charge is 2.38. The van der Waals surface area contributed by atoms with Gasteiger partial charge in [0.2, 0.25) is 0 Å². The molecule has 1 N–H and O–H groups in total. The van der Waals surface area contributed by atoms with Crippen LogP contribution in [0.1, 0.15) is 41.6 Å². The van der Waals surface area contributed by atoms with E-state index in [1.807, 2.05) is 12.1 Å². The third kappa shape index (κ3) is 2.66. The molecule has 3 heterocycles. The van der Waals surface area contributed by atoms with Crippen LogP contribution in [0.3, 0.4) is 0 Å². The van der Waals surface area contributed by atoms with Crippen molar-refractivity contribution in [2.24, 2.45) is 5.41 Å². The summed E-state index contributed by atoms with van der Waals surface area (Å²) in [7, 11) is 0. The Kier molecular flexibility index (Phi) is 3.31. The lowest BCUT2D eigenvalue weighted by molar-refractivity contribution is 0.0202. The van der Waals surface area contributed by atoms with Crippen molar-refractivity contribution >= 4 is 5.97 Å². The first kappa shape index (κ1) is 12.7. The van der Waals surface area contributed by atoms with Crippen LogP contribution in [0.5, 0.6) is 0 Å². The standard InChI is InChI=1S/C16H21NO2/c18-15(19)14-3-1-2-13(12-14)4-5-16-6-9-17(10-7-16)11-8-16/h1-3,12H,4-11H2,(H,18,19). The minimum Gasteiger partial charge on any atom is -0.478 e. The third-order valence-electron chi connectivity index (χ3n) is 4.99. The highest BCUT2D eigenvalue weighted by Crippen LogP contribution is 2.43. The first-order chi connectivity index (χ1) is 9.17. The molecule has 3 aliphatic heterocycles. The number of carboxylic acids is 1. The van der Waals surface area contributed by atoms with Crippen molar-refractivity contribution in [2.75, 3.05) is 19.6 Å². The minimum absolute atomic E-state index is 0.411. The van der Waals surface area contributed by atoms with E-state index in [1.165, 1.54) is 50.9 Å². The maximum absolute atomic E-state index is 11.0. The largest absolute Gasteiger partial charge is 0.478 e. The van der Waals surface area contributed by atoms with Crippen molar-refractivity contribution in [1.29, 1.82) is 0 Å². The molecule has 3 fully saturated rings. The second-order valence-electron chi connectivity index (χ2n) is 6.10. The highest BCUT2D eigenvalue weighted by molar-refractivity contribution is 5.87. The van der Waals surface area contributed by atoms with Crippen molar-refractivity contribution in [3.63, 3.8) is 0 Å². The third-order valence-corrected chi connectivity index (χ3v) is 4.99. The van der Waals surface area contributed by atoms with E-state index in [1.54, 1.807) is 6.07 Å². The molecule has 19 heavy (non-hydrogen) atoms. The second-order valence-corrected chi connectivity index (χ2v) is 6.10. The van der Waals surface area contributed by atoms with Gasteiger partial charge in [0.05, 0.1) is 5.56 Å². The summed E-state index contributed by atoms with van der Waals surface area (Å²) < 4.78 is 0. The van der Waals surface area contributed by atoms with E-state index in [-0.39, 0.29) is 0 Å². The summed E-state index contributed by atoms with van der Waals surface area (Å²) in [6.07, 6.45) is 6.20. The van der Waals surface area contributed by atoms with Gasteiger partial charge in [0.1, 0.15) is 0 Å². The van der Waals surface area contributed by atoms with Gasteiger partial charge in [-0.05, 0) is 74.8 Å². The zero-order valence-corrected chi connectivity index (χ0v) is 11.3. The molecule has 0 aromatic heterocycles. The molecule has 3 aliphatic rings. The van der Waals surface area contributed by atoms with Crippen LogP contribution in [0.2, 0.25) is 0 Å². The SMILES string of the molecule is O=C(O)c1cccc(CCC23CCN(CC2)CC3)c1. The highest BCUT2D eigenvalue weighted by atomic mass is 16.4. The van der Waals surface area contributed by atoms with Crippen molar-refractivity contribution < 1.29 is 9.90 Å². The number of carboxylic acid groups (broad SMARTS) is 1. The molecule has 0 unspecified atom stereocenters. The molecule has 3 heteroatoms. The molecule has 102 valence electrons. The minimum atomic E-state index is -0.828. The van der Waals surface area contributed by atoms with Gasteiger partial charge in [-0.15, -0.1) is 0 Å². The second kappa shape index (κ2) is 4.97. The molecule has 0 radical (unpaired) electrons. The molecule has 2 bridgehead atoms. The average molecular weight is 259 g/mol. The van der Waals surface area contributed by atoms with E-state index < -0.39 is 5.97 Å². The topological polar surface area (TPSA) is 40.5 Å². The number of piperidine rings is 3. The molecule has 0 atom stereocenters. The fraction of sp³-hybridized carbons (Fsp3) is 0.562. The first-order valence-corrected chi connectivity index (χ1v) is 7.22. The van der Waals surface area contributed by atoms with Gasteiger partial charge in [-0.25, -0.2) is 4.79 Å². The van der Waals surface area contributed by atoms with Gasteiger partial charge in [-0.3, -0.25) is 0 Å². The van der Waals surface area contributed by atoms with Gasteiger partial charge in [-0.1, -0.05) is 12.1 Å². The Bertz CT molecular complexity index is 462. The van der Waals surface area contributed by atoms with Gasteiger partial charge < -0.3 is 10.0 Å². The normalized spacial score (nSPS) is 29.4. The van der Waals surface area contributed by atoms with Crippen LogP contribution >= 0.6 is 0 Å². The Hall–Kier alpha value is -1.35. The zero-order chi connectivity index (χ0) is 13.3. The van der Waals surface area contributed by atoms with Crippen LogP contribution in [0.15, 0.2) is 24.3 Å². The lowest BCUT2D eigenvalue weighted by Crippen LogP contribution is -2.48. The predicted molar refractivity (Wildman–Crippen MR) is 74.4 cm³/mol. The maximum atomic E-state index is 11.0. The molecule has 0 aliphatic carbocycles. The average Bonchev–Trinajstić information content (AvgIpc) is 2.47. The molecule has 0 saturated carbocycles. The summed E-state index contributed by atoms with van der Waals surface area (Å²) in [5.74, 6) is -0.828. The number of hydrogen-bond donors (Lipinski definition) is 1. The number of rotatable bonds is 4. The summed E-state index contributed by atoms with van der Waals surface area (Å²) in [6, 6.07) is 7.42. The molecule has 3 saturated heterocycles. The van der Waals surface area contributed by atoms with Crippen molar-refractivity contribution in [1.82, 2.24) is 4.90 Å².